The minimum Gasteiger partial charge on any atom is -0.370 e. The fraction of sp³-hybridized carbons (Fsp3) is 0.133. The van der Waals surface area contributed by atoms with Crippen molar-refractivity contribution in [2.45, 2.75) is 6.54 Å². The molecule has 6 heteroatoms. The van der Waals surface area contributed by atoms with E-state index in [1.54, 1.807) is 12.1 Å². The number of rotatable bonds is 5. The highest BCUT2D eigenvalue weighted by molar-refractivity contribution is 6.30. The van der Waals surface area contributed by atoms with Crippen molar-refractivity contribution in [2.24, 2.45) is 0 Å². The summed E-state index contributed by atoms with van der Waals surface area (Å²) in [4.78, 5) is 23.2. The van der Waals surface area contributed by atoms with Crippen LogP contribution in [0.15, 0.2) is 42.5 Å². The number of nitro groups is 1. The third kappa shape index (κ3) is 3.58. The van der Waals surface area contributed by atoms with Gasteiger partial charge in [0, 0.05) is 42.0 Å². The van der Waals surface area contributed by atoms with E-state index in [2.05, 4.69) is 0 Å². The quantitative estimate of drug-likeness (QED) is 0.480. The largest absolute Gasteiger partial charge is 0.370 e. The molecule has 0 N–H and O–H groups in total. The van der Waals surface area contributed by atoms with E-state index in [9.17, 15) is 14.9 Å². The summed E-state index contributed by atoms with van der Waals surface area (Å²) >= 11 is 5.94. The van der Waals surface area contributed by atoms with E-state index < -0.39 is 4.92 Å². The molecule has 0 saturated carbocycles. The lowest BCUT2D eigenvalue weighted by Crippen LogP contribution is -2.18. The molecule has 0 fully saturated rings. The molecule has 2 aromatic carbocycles. The Morgan fingerprint density at radius 1 is 1.29 bits per heavy atom. The third-order valence-corrected chi connectivity index (χ3v) is 3.30. The summed E-state index contributed by atoms with van der Waals surface area (Å²) in [6.07, 6.45) is 0.622. The zero-order valence-electron chi connectivity index (χ0n) is 11.3. The van der Waals surface area contributed by atoms with Gasteiger partial charge >= 0.3 is 0 Å². The van der Waals surface area contributed by atoms with Crippen molar-refractivity contribution < 1.29 is 9.72 Å². The minimum absolute atomic E-state index is 0.1000. The van der Waals surface area contributed by atoms with Crippen molar-refractivity contribution >= 4 is 29.3 Å². The van der Waals surface area contributed by atoms with Crippen molar-refractivity contribution in [2.75, 3.05) is 11.9 Å². The van der Waals surface area contributed by atoms with Crippen molar-refractivity contribution in [3.05, 3.63) is 68.7 Å². The Kier molecular flexibility index (Phi) is 4.55. The smallest absolute Gasteiger partial charge is 0.270 e. The number of non-ortho nitro benzene ring substituents is 1. The van der Waals surface area contributed by atoms with Crippen molar-refractivity contribution in [3.8, 4) is 0 Å². The molecule has 0 amide bonds. The molecule has 0 unspecified atom stereocenters. The molecule has 5 nitrogen and oxygen atoms in total. The molecule has 0 spiro atoms. The maximum atomic E-state index is 11.1. The van der Waals surface area contributed by atoms with Gasteiger partial charge in [0.15, 0.2) is 6.29 Å². The second-order valence-electron chi connectivity index (χ2n) is 4.60. The fourth-order valence-corrected chi connectivity index (χ4v) is 2.30. The van der Waals surface area contributed by atoms with E-state index in [1.807, 2.05) is 30.1 Å². The fourth-order valence-electron chi connectivity index (χ4n) is 2.09. The van der Waals surface area contributed by atoms with Crippen LogP contribution in [0, 0.1) is 10.1 Å². The van der Waals surface area contributed by atoms with Crippen LogP contribution in [0.2, 0.25) is 5.02 Å². The number of hydrogen-bond acceptors (Lipinski definition) is 4. The van der Waals surface area contributed by atoms with Gasteiger partial charge in [-0.15, -0.1) is 0 Å². The van der Waals surface area contributed by atoms with E-state index in [1.165, 1.54) is 12.1 Å². The number of aldehydes is 1. The first kappa shape index (κ1) is 15.0. The number of nitro benzene ring substituents is 1. The molecule has 0 radical (unpaired) electrons. The molecule has 0 bridgehead atoms. The zero-order valence-corrected chi connectivity index (χ0v) is 12.1. The molecule has 2 aromatic rings. The highest BCUT2D eigenvalue weighted by Gasteiger charge is 2.13. The first-order chi connectivity index (χ1) is 10.0. The second-order valence-corrected chi connectivity index (χ2v) is 5.04. The molecular weight excluding hydrogens is 292 g/mol. The summed E-state index contributed by atoms with van der Waals surface area (Å²) in [6.45, 7) is 0.541. The Hall–Kier alpha value is -2.40. The molecular formula is C15H13ClN2O3. The SMILES string of the molecule is CN(Cc1cccc(Cl)c1)c1ccc([N+](=O)[O-])cc1C=O. The third-order valence-electron chi connectivity index (χ3n) is 3.07. The molecule has 0 aliphatic carbocycles. The van der Waals surface area contributed by atoms with Gasteiger partial charge in [0.1, 0.15) is 0 Å². The Morgan fingerprint density at radius 3 is 2.67 bits per heavy atom. The predicted molar refractivity (Wildman–Crippen MR) is 82.0 cm³/mol. The summed E-state index contributed by atoms with van der Waals surface area (Å²) in [5.41, 5.74) is 1.81. The lowest BCUT2D eigenvalue weighted by atomic mass is 10.1. The average molecular weight is 305 g/mol. The molecule has 0 aliphatic rings. The van der Waals surface area contributed by atoms with Crippen molar-refractivity contribution in [1.82, 2.24) is 0 Å². The predicted octanol–water partition coefficient (Wildman–Crippen LogP) is 3.70. The number of halogens is 1. The van der Waals surface area contributed by atoms with Gasteiger partial charge in [-0.3, -0.25) is 14.9 Å². The number of hydrogen-bond donors (Lipinski definition) is 0. The summed E-state index contributed by atoms with van der Waals surface area (Å²) in [7, 11) is 1.81. The van der Waals surface area contributed by atoms with Crippen LogP contribution in [0.4, 0.5) is 11.4 Å². The number of nitrogens with zero attached hydrogens (tertiary/aromatic N) is 2. The standard InChI is InChI=1S/C15H13ClN2O3/c1-17(9-11-3-2-4-13(16)7-11)15-6-5-14(18(20)21)8-12(15)10-19/h2-8,10H,9H2,1H3. The van der Waals surface area contributed by atoms with Gasteiger partial charge in [-0.1, -0.05) is 23.7 Å². The summed E-state index contributed by atoms with van der Waals surface area (Å²) in [5.74, 6) is 0. The van der Waals surface area contributed by atoms with Crippen LogP contribution in [0.3, 0.4) is 0 Å². The van der Waals surface area contributed by atoms with Crippen LogP contribution in [0.5, 0.6) is 0 Å². The van der Waals surface area contributed by atoms with Gasteiger partial charge in [0.05, 0.1) is 4.92 Å². The molecule has 108 valence electrons. The second kappa shape index (κ2) is 6.37. The Morgan fingerprint density at radius 2 is 2.05 bits per heavy atom. The van der Waals surface area contributed by atoms with Gasteiger partial charge in [0.25, 0.3) is 5.69 Å². The van der Waals surface area contributed by atoms with Gasteiger partial charge in [-0.2, -0.15) is 0 Å². The van der Waals surface area contributed by atoms with Gasteiger partial charge in [-0.05, 0) is 23.8 Å². The average Bonchev–Trinajstić information content (AvgIpc) is 2.46. The Bertz CT molecular complexity index is 688. The number of carbonyl (C=O) groups excluding carboxylic acids is 1. The summed E-state index contributed by atoms with van der Waals surface area (Å²) in [5, 5.41) is 11.4. The Balaban J connectivity index is 2.28. The number of anilines is 1. The highest BCUT2D eigenvalue weighted by atomic mass is 35.5. The summed E-state index contributed by atoms with van der Waals surface area (Å²) in [6, 6.07) is 11.6. The molecule has 21 heavy (non-hydrogen) atoms. The van der Waals surface area contributed by atoms with Crippen LogP contribution in [0.1, 0.15) is 15.9 Å². The monoisotopic (exact) mass is 304 g/mol. The molecule has 2 rings (SSSR count). The maximum Gasteiger partial charge on any atom is 0.270 e. The first-order valence-electron chi connectivity index (χ1n) is 6.20. The van der Waals surface area contributed by atoms with E-state index in [4.69, 9.17) is 11.6 Å². The topological polar surface area (TPSA) is 63.4 Å². The van der Waals surface area contributed by atoms with Gasteiger partial charge in [0.2, 0.25) is 0 Å². The zero-order chi connectivity index (χ0) is 15.4. The van der Waals surface area contributed by atoms with E-state index in [-0.39, 0.29) is 11.3 Å². The van der Waals surface area contributed by atoms with Gasteiger partial charge < -0.3 is 4.90 Å². The maximum absolute atomic E-state index is 11.1. The highest BCUT2D eigenvalue weighted by Crippen LogP contribution is 2.25. The molecule has 0 aliphatic heterocycles. The lowest BCUT2D eigenvalue weighted by molar-refractivity contribution is -0.384. The number of benzene rings is 2. The van der Waals surface area contributed by atoms with Crippen LogP contribution in [0.25, 0.3) is 0 Å². The van der Waals surface area contributed by atoms with Crippen molar-refractivity contribution in [3.63, 3.8) is 0 Å². The molecule has 0 saturated heterocycles. The van der Waals surface area contributed by atoms with Crippen LogP contribution >= 0.6 is 11.6 Å². The minimum atomic E-state index is -0.520. The summed E-state index contributed by atoms with van der Waals surface area (Å²) < 4.78 is 0. The van der Waals surface area contributed by atoms with E-state index >= 15 is 0 Å². The number of carbonyl (C=O) groups is 1. The Labute approximate surface area is 126 Å². The van der Waals surface area contributed by atoms with Crippen LogP contribution in [-0.4, -0.2) is 18.3 Å². The normalized spacial score (nSPS) is 10.2. The van der Waals surface area contributed by atoms with Gasteiger partial charge in [-0.25, -0.2) is 0 Å². The van der Waals surface area contributed by atoms with Crippen LogP contribution < -0.4 is 4.90 Å². The lowest BCUT2D eigenvalue weighted by Gasteiger charge is -2.21. The molecule has 0 aromatic heterocycles. The van der Waals surface area contributed by atoms with E-state index in [0.29, 0.717) is 23.5 Å². The molecule has 0 heterocycles. The van der Waals surface area contributed by atoms with Crippen LogP contribution in [-0.2, 0) is 6.54 Å². The molecule has 0 atom stereocenters. The van der Waals surface area contributed by atoms with E-state index in [0.717, 1.165) is 5.56 Å². The first-order valence-corrected chi connectivity index (χ1v) is 6.58. The van der Waals surface area contributed by atoms with Crippen molar-refractivity contribution in [1.29, 1.82) is 0 Å².